The van der Waals surface area contributed by atoms with Crippen LogP contribution in [0.1, 0.15) is 5.56 Å². The molecule has 0 aliphatic rings. The van der Waals surface area contributed by atoms with E-state index in [1.54, 1.807) is 6.08 Å². The van der Waals surface area contributed by atoms with Gasteiger partial charge >= 0.3 is 0 Å². The minimum Gasteiger partial charge on any atom is -0.490 e. The molecule has 0 saturated heterocycles. The van der Waals surface area contributed by atoms with Gasteiger partial charge in [-0.15, -0.1) is 0 Å². The zero-order valence-electron chi connectivity index (χ0n) is 9.04. The molecule has 0 saturated carbocycles. The quantitative estimate of drug-likeness (QED) is 0.547. The Hall–Kier alpha value is -0.890. The SMILES string of the molecule is C=CCOc1ccc([S+](C)C)c(C)c1. The third kappa shape index (κ3) is 2.81. The van der Waals surface area contributed by atoms with Crippen LogP contribution in [0.3, 0.4) is 0 Å². The highest BCUT2D eigenvalue weighted by atomic mass is 32.2. The van der Waals surface area contributed by atoms with Crippen LogP contribution >= 0.6 is 0 Å². The zero-order chi connectivity index (χ0) is 10.6. The number of aryl methyl sites for hydroxylation is 1. The Morgan fingerprint density at radius 1 is 1.43 bits per heavy atom. The van der Waals surface area contributed by atoms with E-state index in [9.17, 15) is 0 Å². The summed E-state index contributed by atoms with van der Waals surface area (Å²) in [5.74, 6) is 0.927. The molecule has 0 radical (unpaired) electrons. The van der Waals surface area contributed by atoms with Crippen molar-refractivity contribution in [2.75, 3.05) is 19.1 Å². The zero-order valence-corrected chi connectivity index (χ0v) is 9.86. The van der Waals surface area contributed by atoms with Crippen LogP contribution in [0.2, 0.25) is 0 Å². The predicted octanol–water partition coefficient (Wildman–Crippen LogP) is 2.80. The maximum atomic E-state index is 5.46. The molecule has 0 aliphatic carbocycles. The summed E-state index contributed by atoms with van der Waals surface area (Å²) in [6.07, 6.45) is 6.21. The first-order valence-electron chi connectivity index (χ1n) is 4.57. The van der Waals surface area contributed by atoms with Crippen LogP contribution in [0.4, 0.5) is 0 Å². The van der Waals surface area contributed by atoms with Gasteiger partial charge in [-0.25, -0.2) is 0 Å². The average molecular weight is 209 g/mol. The lowest BCUT2D eigenvalue weighted by atomic mass is 10.2. The summed E-state index contributed by atoms with van der Waals surface area (Å²) in [6.45, 7) is 6.32. The highest BCUT2D eigenvalue weighted by Crippen LogP contribution is 2.21. The Morgan fingerprint density at radius 2 is 2.14 bits per heavy atom. The Kier molecular flexibility index (Phi) is 4.08. The predicted molar refractivity (Wildman–Crippen MR) is 64.4 cm³/mol. The first-order chi connectivity index (χ1) is 6.65. The maximum absolute atomic E-state index is 5.46. The molecule has 0 aliphatic heterocycles. The van der Waals surface area contributed by atoms with Crippen LogP contribution in [-0.4, -0.2) is 19.1 Å². The first kappa shape index (κ1) is 11.2. The first-order valence-corrected chi connectivity index (χ1v) is 6.61. The van der Waals surface area contributed by atoms with Crippen molar-refractivity contribution in [1.82, 2.24) is 0 Å². The van der Waals surface area contributed by atoms with Gasteiger partial charge in [-0.3, -0.25) is 0 Å². The molecule has 2 heteroatoms. The van der Waals surface area contributed by atoms with Gasteiger partial charge in [0.15, 0.2) is 4.90 Å². The number of hydrogen-bond acceptors (Lipinski definition) is 1. The molecule has 0 aromatic heterocycles. The molecule has 0 atom stereocenters. The van der Waals surface area contributed by atoms with E-state index in [1.165, 1.54) is 10.5 Å². The van der Waals surface area contributed by atoms with Crippen molar-refractivity contribution in [2.24, 2.45) is 0 Å². The third-order valence-electron chi connectivity index (χ3n) is 1.95. The van der Waals surface area contributed by atoms with E-state index in [-0.39, 0.29) is 0 Å². The minimum absolute atomic E-state index is 0.320. The Morgan fingerprint density at radius 3 is 2.64 bits per heavy atom. The molecule has 0 fully saturated rings. The largest absolute Gasteiger partial charge is 0.490 e. The lowest BCUT2D eigenvalue weighted by molar-refractivity contribution is 0.362. The normalized spacial score (nSPS) is 10.3. The number of benzene rings is 1. The van der Waals surface area contributed by atoms with Gasteiger partial charge in [0.05, 0.1) is 0 Å². The lowest BCUT2D eigenvalue weighted by Crippen LogP contribution is -2.00. The van der Waals surface area contributed by atoms with Crippen molar-refractivity contribution in [1.29, 1.82) is 0 Å². The van der Waals surface area contributed by atoms with Crippen molar-refractivity contribution < 1.29 is 4.74 Å². The standard InChI is InChI=1S/C12H17OS/c1-5-8-13-11-6-7-12(14(3)4)10(2)9-11/h5-7,9H,1,8H2,2-4H3/q+1. The maximum Gasteiger partial charge on any atom is 0.157 e. The second-order valence-electron chi connectivity index (χ2n) is 3.34. The van der Waals surface area contributed by atoms with E-state index in [0.717, 1.165) is 5.75 Å². The molecular formula is C12H17OS+. The van der Waals surface area contributed by atoms with Crippen molar-refractivity contribution in [3.63, 3.8) is 0 Å². The number of ether oxygens (including phenoxy) is 1. The Labute approximate surface area is 89.1 Å². The minimum atomic E-state index is 0.320. The van der Waals surface area contributed by atoms with Crippen molar-refractivity contribution in [3.8, 4) is 5.75 Å². The summed E-state index contributed by atoms with van der Waals surface area (Å²) < 4.78 is 5.46. The van der Waals surface area contributed by atoms with Gasteiger partial charge in [-0.1, -0.05) is 12.7 Å². The molecule has 0 amide bonds. The highest BCUT2D eigenvalue weighted by molar-refractivity contribution is 7.95. The van der Waals surface area contributed by atoms with Crippen LogP contribution in [-0.2, 0) is 10.9 Å². The van der Waals surface area contributed by atoms with E-state index >= 15 is 0 Å². The van der Waals surface area contributed by atoms with Gasteiger partial charge in [0.1, 0.15) is 24.9 Å². The van der Waals surface area contributed by atoms with Crippen LogP contribution in [0, 0.1) is 6.92 Å². The smallest absolute Gasteiger partial charge is 0.157 e. The fraction of sp³-hybridized carbons (Fsp3) is 0.333. The van der Waals surface area contributed by atoms with E-state index < -0.39 is 0 Å². The summed E-state index contributed by atoms with van der Waals surface area (Å²) in [6, 6.07) is 6.27. The average Bonchev–Trinajstić information content (AvgIpc) is 2.14. The van der Waals surface area contributed by atoms with Crippen molar-refractivity contribution in [2.45, 2.75) is 11.8 Å². The lowest BCUT2D eigenvalue weighted by Gasteiger charge is -2.06. The van der Waals surface area contributed by atoms with Crippen molar-refractivity contribution >= 4 is 10.9 Å². The Bertz CT molecular complexity index is 318. The molecular weight excluding hydrogens is 192 g/mol. The summed E-state index contributed by atoms with van der Waals surface area (Å²) in [5.41, 5.74) is 1.31. The van der Waals surface area contributed by atoms with Crippen LogP contribution in [0.25, 0.3) is 0 Å². The van der Waals surface area contributed by atoms with Gasteiger partial charge in [-0.2, -0.15) is 0 Å². The number of hydrogen-bond donors (Lipinski definition) is 0. The molecule has 1 nitrogen and oxygen atoms in total. The molecule has 0 bridgehead atoms. The van der Waals surface area contributed by atoms with Gasteiger partial charge in [0, 0.05) is 16.5 Å². The molecule has 0 N–H and O–H groups in total. The fourth-order valence-electron chi connectivity index (χ4n) is 1.32. The Balaban J connectivity index is 2.83. The van der Waals surface area contributed by atoms with E-state index in [0.29, 0.717) is 17.5 Å². The summed E-state index contributed by atoms with van der Waals surface area (Å²) in [7, 11) is 0.320. The summed E-state index contributed by atoms with van der Waals surface area (Å²) in [4.78, 5) is 1.41. The molecule has 1 rings (SSSR count). The topological polar surface area (TPSA) is 9.23 Å². The van der Waals surface area contributed by atoms with Crippen LogP contribution < -0.4 is 4.74 Å². The van der Waals surface area contributed by atoms with Gasteiger partial charge in [0.2, 0.25) is 0 Å². The van der Waals surface area contributed by atoms with Crippen LogP contribution in [0.5, 0.6) is 5.75 Å². The molecule has 1 aromatic rings. The third-order valence-corrected chi connectivity index (χ3v) is 3.29. The molecule has 14 heavy (non-hydrogen) atoms. The summed E-state index contributed by atoms with van der Waals surface area (Å²) in [5, 5.41) is 0. The van der Waals surface area contributed by atoms with Gasteiger partial charge < -0.3 is 4.74 Å². The van der Waals surface area contributed by atoms with E-state index in [2.05, 4.69) is 38.1 Å². The monoisotopic (exact) mass is 209 g/mol. The summed E-state index contributed by atoms with van der Waals surface area (Å²) >= 11 is 0. The van der Waals surface area contributed by atoms with E-state index in [4.69, 9.17) is 4.74 Å². The van der Waals surface area contributed by atoms with Crippen molar-refractivity contribution in [3.05, 3.63) is 36.4 Å². The van der Waals surface area contributed by atoms with Gasteiger partial charge in [-0.05, 0) is 25.1 Å². The molecule has 0 unspecified atom stereocenters. The second-order valence-corrected chi connectivity index (χ2v) is 5.42. The molecule has 76 valence electrons. The molecule has 0 spiro atoms. The molecule has 1 aromatic carbocycles. The van der Waals surface area contributed by atoms with E-state index in [1.807, 2.05) is 6.07 Å². The number of rotatable bonds is 4. The fourth-order valence-corrected chi connectivity index (χ4v) is 2.37. The van der Waals surface area contributed by atoms with Crippen LogP contribution in [0.15, 0.2) is 35.7 Å². The molecule has 0 heterocycles. The second kappa shape index (κ2) is 5.11. The highest BCUT2D eigenvalue weighted by Gasteiger charge is 2.12. The van der Waals surface area contributed by atoms with Gasteiger partial charge in [0.25, 0.3) is 0 Å².